The molecular weight excluding hydrogens is 1360 g/mol. The van der Waals surface area contributed by atoms with Crippen LogP contribution in [0.1, 0.15) is 98.9 Å². The normalized spacial score (nSPS) is 23.7. The lowest BCUT2D eigenvalue weighted by Gasteiger charge is -2.32. The van der Waals surface area contributed by atoms with Crippen LogP contribution in [0.15, 0.2) is 110 Å². The minimum Gasteiger partial charge on any atom is -0.497 e. The lowest BCUT2D eigenvalue weighted by atomic mass is 9.74. The van der Waals surface area contributed by atoms with Gasteiger partial charge in [0.15, 0.2) is 5.78 Å². The number of fused-ring (bicyclic) bond motifs is 5. The number of unbranched alkanes of at least 4 members (excludes halogenated alkanes) is 1. The number of carbonyl (C=O) groups excluding carboxylic acids is 9. The van der Waals surface area contributed by atoms with E-state index in [9.17, 15) is 43.4 Å². The number of aliphatic carboxylic acids is 1. The lowest BCUT2D eigenvalue weighted by Crippen LogP contribution is -2.62. The molecule has 1 aliphatic carbocycles. The Hall–Kier alpha value is -9.65. The number of nitrogens with zero attached hydrogens (tertiary/aromatic N) is 1. The van der Waals surface area contributed by atoms with Crippen LogP contribution in [0.3, 0.4) is 0 Å². The average Bonchev–Trinajstić information content (AvgIpc) is 1.58. The van der Waals surface area contributed by atoms with Gasteiger partial charge in [-0.25, -0.2) is 13.8 Å². The van der Waals surface area contributed by atoms with E-state index in [0.717, 1.165) is 11.1 Å². The number of aromatic amines is 3. The maximum absolute atomic E-state index is 15.3. The molecule has 9 rings (SSSR count). The van der Waals surface area contributed by atoms with Gasteiger partial charge in [0.1, 0.15) is 59.5 Å². The van der Waals surface area contributed by atoms with E-state index in [1.165, 1.54) is 87.0 Å². The molecule has 0 saturated heterocycles. The number of carboxylic acids is 1. The summed E-state index contributed by atoms with van der Waals surface area (Å²) >= 11 is 3.10. The number of aliphatic hydroxyl groups excluding tert-OH is 1. The Balaban J connectivity index is 1.07. The van der Waals surface area contributed by atoms with Crippen molar-refractivity contribution >= 4 is 104 Å². The molecule has 26 nitrogen and oxygen atoms in total. The van der Waals surface area contributed by atoms with E-state index in [1.807, 2.05) is 18.2 Å². The van der Waals surface area contributed by atoms with Crippen molar-refractivity contribution < 1.29 is 71.7 Å². The maximum atomic E-state index is 15.3. The van der Waals surface area contributed by atoms with E-state index < -0.39 is 144 Å². The Morgan fingerprint density at radius 3 is 1.81 bits per heavy atom. The smallest absolute Gasteiger partial charge is 0.305 e. The van der Waals surface area contributed by atoms with E-state index in [2.05, 4.69) is 68.5 Å². The molecule has 544 valence electrons. The van der Waals surface area contributed by atoms with Crippen molar-refractivity contribution in [3.8, 4) is 5.75 Å². The first-order valence-electron chi connectivity index (χ1n) is 33.9. The van der Waals surface area contributed by atoms with Gasteiger partial charge in [-0.05, 0) is 128 Å². The molecule has 8 amide bonds. The number of H-pyrrole nitrogens is 3. The van der Waals surface area contributed by atoms with Gasteiger partial charge >= 0.3 is 5.97 Å². The molecule has 1 aliphatic heterocycles. The molecule has 1 fully saturated rings. The highest BCUT2D eigenvalue weighted by atomic mass is 32.2. The van der Waals surface area contributed by atoms with Crippen molar-refractivity contribution in [2.75, 3.05) is 31.7 Å². The standard InChI is InChI=1S/C72H87F2N13O13S2/c1-40(88)63-70(98)86-57(31-45-37-80-53-19-15-47(74)33-50(45)53)67(95)83-56(30-44-36-79-52-18-14-46(73)32-49(44)52)66(94)85-59(35-62(90)91)69(97)84-58(34-60-76-23-24-77-60)68(96)82-55(29-41-12-16-48(100-3)17-13-41)64(92)51-10-7-21-72(51,2)71(99)78-25-27-102-39-43-9-6-8-42(28-43)38-101-26-20-61(89)81-54(65(93)87-63)11-4-5-22-75/h6,8-9,12-19,23-24,28,32-33,36-37,40,51,54-59,63,79-80,88H,4-5,7,10-11,20-22,25-27,29-31,34-35,38-39,75H2,1-3H3,(H,76,77)(H,78,99)(H,81,89)(H,82,96)(H,83,95)(H,84,97)(H,85,94)(H,86,98)(H,87,93)(H,90,91)/t40-,51?,54+,55+,56+,57+,58+,59+,63-,72-/m1/s1. The highest BCUT2D eigenvalue weighted by molar-refractivity contribution is 7.98. The molecule has 3 aromatic heterocycles. The van der Waals surface area contributed by atoms with Crippen molar-refractivity contribution in [1.29, 1.82) is 0 Å². The first-order valence-corrected chi connectivity index (χ1v) is 36.2. The number of amides is 8. The number of benzene rings is 4. The molecule has 1 unspecified atom stereocenters. The number of Topliss-reactive ketones (excluding diaryl/α,β-unsaturated/α-hetero) is 1. The minimum atomic E-state index is -2.03. The molecule has 102 heavy (non-hydrogen) atoms. The molecule has 2 aliphatic rings. The Bertz CT molecular complexity index is 4120. The van der Waals surface area contributed by atoms with Crippen molar-refractivity contribution in [2.45, 2.75) is 151 Å². The van der Waals surface area contributed by atoms with E-state index in [-0.39, 0.29) is 72.4 Å². The van der Waals surface area contributed by atoms with Crippen LogP contribution in [0, 0.1) is 23.0 Å². The highest BCUT2D eigenvalue weighted by Gasteiger charge is 2.50. The second-order valence-corrected chi connectivity index (χ2v) is 28.1. The quantitative estimate of drug-likeness (QED) is 0.0597. The number of aromatic nitrogens is 4. The maximum Gasteiger partial charge on any atom is 0.305 e. The van der Waals surface area contributed by atoms with Crippen LogP contribution >= 0.6 is 23.5 Å². The zero-order valence-electron chi connectivity index (χ0n) is 56.8. The second kappa shape index (κ2) is 36.3. The van der Waals surface area contributed by atoms with Crippen LogP contribution in [0.25, 0.3) is 21.8 Å². The van der Waals surface area contributed by atoms with Crippen LogP contribution < -0.4 is 53.0 Å². The summed E-state index contributed by atoms with van der Waals surface area (Å²) in [6.07, 6.45) is 3.74. The van der Waals surface area contributed by atoms with E-state index in [0.29, 0.717) is 77.5 Å². The zero-order valence-corrected chi connectivity index (χ0v) is 58.4. The number of rotatable bonds is 16. The zero-order chi connectivity index (χ0) is 73.0. The van der Waals surface area contributed by atoms with Crippen LogP contribution in [0.2, 0.25) is 0 Å². The summed E-state index contributed by atoms with van der Waals surface area (Å²) in [5, 5.41) is 43.7. The summed E-state index contributed by atoms with van der Waals surface area (Å²) in [4.78, 5) is 159. The average molecular weight is 1440 g/mol. The molecular formula is C72H87F2N13O13S2. The monoisotopic (exact) mass is 1440 g/mol. The third-order valence-electron chi connectivity index (χ3n) is 18.4. The number of hydrogen-bond donors (Lipinski definition) is 14. The molecule has 4 aromatic carbocycles. The lowest BCUT2D eigenvalue weighted by molar-refractivity contribution is -0.142. The summed E-state index contributed by atoms with van der Waals surface area (Å²) in [7, 11) is 1.49. The number of aliphatic hydroxyl groups is 1. The van der Waals surface area contributed by atoms with Gasteiger partial charge in [0.05, 0.1) is 31.1 Å². The number of halogens is 2. The molecule has 2 bridgehead atoms. The minimum absolute atomic E-state index is 0.00678. The number of hydrogen-bond acceptors (Lipinski definition) is 16. The predicted molar refractivity (Wildman–Crippen MR) is 380 cm³/mol. The van der Waals surface area contributed by atoms with E-state index in [4.69, 9.17) is 10.5 Å². The molecule has 4 heterocycles. The van der Waals surface area contributed by atoms with Crippen molar-refractivity contribution in [2.24, 2.45) is 17.1 Å². The summed E-state index contributed by atoms with van der Waals surface area (Å²) in [5.74, 6) is -8.73. The molecule has 0 spiro atoms. The Kier molecular flexibility index (Phi) is 27.2. The third-order valence-corrected chi connectivity index (χ3v) is 20.5. The first kappa shape index (κ1) is 76.5. The molecule has 10 atom stereocenters. The van der Waals surface area contributed by atoms with Crippen LogP contribution in [0.5, 0.6) is 5.75 Å². The van der Waals surface area contributed by atoms with Gasteiger partial charge in [0.2, 0.25) is 47.3 Å². The van der Waals surface area contributed by atoms with Gasteiger partial charge < -0.3 is 78.2 Å². The molecule has 1 saturated carbocycles. The third kappa shape index (κ3) is 20.8. The Morgan fingerprint density at radius 2 is 1.24 bits per heavy atom. The molecule has 7 aromatic rings. The molecule has 0 radical (unpaired) electrons. The van der Waals surface area contributed by atoms with Gasteiger partial charge in [0, 0.05) is 108 Å². The fraction of sp³-hybridized carbons (Fsp3) is 0.431. The van der Waals surface area contributed by atoms with Crippen LogP contribution in [0.4, 0.5) is 8.78 Å². The van der Waals surface area contributed by atoms with Gasteiger partial charge in [0.25, 0.3) is 0 Å². The van der Waals surface area contributed by atoms with Crippen LogP contribution in [-0.2, 0) is 85.1 Å². The summed E-state index contributed by atoms with van der Waals surface area (Å²) in [5.41, 5.74) is 8.58. The highest BCUT2D eigenvalue weighted by Crippen LogP contribution is 2.45. The SMILES string of the molecule is COc1ccc(C[C@@H]2NC(=O)[C@H](Cc3ncc[nH]3)NC(=O)[C@H](CC(=O)O)NC(=O)[C@H](Cc3c[nH]c4ccc(F)cc34)NC(=O)[C@H](Cc3c[nH]c4ccc(F)cc34)NC(=O)[C@@H]([C@@H](C)O)NC(=O)[C@H](CCCCN)NC(=O)CCSCc3cccc(c3)CSCCNC(=O)[C@]3(C)CCCC3C2=O)cc1. The number of ether oxygens (including phenoxy) is 1. The number of methoxy groups -OCH3 is 1. The summed E-state index contributed by atoms with van der Waals surface area (Å²) < 4.78 is 35.4. The number of ketones is 1. The van der Waals surface area contributed by atoms with Gasteiger partial charge in [-0.1, -0.05) is 49.7 Å². The molecule has 15 N–H and O–H groups in total. The fourth-order valence-corrected chi connectivity index (χ4v) is 14.6. The van der Waals surface area contributed by atoms with Crippen molar-refractivity contribution in [3.63, 3.8) is 0 Å². The summed E-state index contributed by atoms with van der Waals surface area (Å²) in [6.45, 7) is 3.50. The van der Waals surface area contributed by atoms with Gasteiger partial charge in [-0.3, -0.25) is 47.9 Å². The largest absolute Gasteiger partial charge is 0.497 e. The molecule has 30 heteroatoms. The van der Waals surface area contributed by atoms with Gasteiger partial charge in [-0.15, -0.1) is 0 Å². The number of carbonyl (C=O) groups is 10. The predicted octanol–water partition coefficient (Wildman–Crippen LogP) is 4.37. The Morgan fingerprint density at radius 1 is 0.667 bits per heavy atom. The van der Waals surface area contributed by atoms with Gasteiger partial charge in [-0.2, -0.15) is 23.5 Å². The van der Waals surface area contributed by atoms with E-state index in [1.54, 1.807) is 43.0 Å². The van der Waals surface area contributed by atoms with Crippen molar-refractivity contribution in [3.05, 3.63) is 155 Å². The number of thioether (sulfide) groups is 2. The first-order chi connectivity index (χ1) is 49.0. The topological polar surface area (TPSA) is 403 Å². The Labute approximate surface area is 595 Å². The van der Waals surface area contributed by atoms with Crippen LogP contribution in [-0.4, -0.2) is 169 Å². The number of imidazole rings is 1. The number of nitrogens with two attached hydrogens (primary N) is 1. The second-order valence-electron chi connectivity index (χ2n) is 25.9. The fourth-order valence-electron chi connectivity index (χ4n) is 12.9. The summed E-state index contributed by atoms with van der Waals surface area (Å²) in [6, 6.07) is 10.8. The van der Waals surface area contributed by atoms with E-state index >= 15 is 23.6 Å². The number of nitrogens with one attached hydrogen (secondary N) is 11. The van der Waals surface area contributed by atoms with Crippen molar-refractivity contribution in [1.82, 2.24) is 62.5 Å². The number of carboxylic acid groups (broad SMARTS) is 1.